The number of carbonyl (C=O) groups is 2. The lowest BCUT2D eigenvalue weighted by atomic mass is 9.72. The molecule has 2 aliphatic rings. The first kappa shape index (κ1) is 32.0. The number of likely N-dealkylation sites (N-methyl/N-ethyl adjacent to an activating group) is 1. The summed E-state index contributed by atoms with van der Waals surface area (Å²) in [6.07, 6.45) is 2.97. The van der Waals surface area contributed by atoms with E-state index in [-0.39, 0.29) is 22.9 Å². The molecule has 0 aromatic heterocycles. The highest BCUT2D eigenvalue weighted by Gasteiger charge is 2.41. The first-order valence-corrected chi connectivity index (χ1v) is 15.0. The number of nitrogens with zero attached hydrogens (tertiary/aromatic N) is 4. The van der Waals surface area contributed by atoms with Crippen molar-refractivity contribution >= 4 is 23.2 Å². The molecule has 0 radical (unpaired) electrons. The minimum Gasteiger partial charge on any atom is -0.359 e. The number of benzene rings is 2. The molecule has 0 spiro atoms. The number of hydrogen-bond acceptors (Lipinski definition) is 7. The van der Waals surface area contributed by atoms with Crippen molar-refractivity contribution in [3.8, 4) is 0 Å². The zero-order valence-corrected chi connectivity index (χ0v) is 25.9. The maximum atomic E-state index is 13.6. The molecule has 2 aromatic carbocycles. The molecule has 2 atom stereocenters. The van der Waals surface area contributed by atoms with Crippen molar-refractivity contribution in [1.29, 1.82) is 0 Å². The Morgan fingerprint density at radius 1 is 1.07 bits per heavy atom. The first-order chi connectivity index (χ1) is 20.6. The van der Waals surface area contributed by atoms with Gasteiger partial charge in [0.15, 0.2) is 0 Å². The summed E-state index contributed by atoms with van der Waals surface area (Å²) in [5, 5.41) is 17.0. The van der Waals surface area contributed by atoms with E-state index < -0.39 is 16.8 Å². The average Bonchev–Trinajstić information content (AvgIpc) is 2.99. The first-order valence-electron chi connectivity index (χ1n) is 15.0. The zero-order valence-electron chi connectivity index (χ0n) is 25.9. The van der Waals surface area contributed by atoms with E-state index in [9.17, 15) is 19.7 Å². The van der Waals surface area contributed by atoms with Gasteiger partial charge in [-0.25, -0.2) is 0 Å². The number of non-ortho nitro benzene ring substituents is 1. The number of piperidine rings is 1. The van der Waals surface area contributed by atoms with Gasteiger partial charge >= 0.3 is 0 Å². The fourth-order valence-electron chi connectivity index (χ4n) is 6.73. The highest BCUT2D eigenvalue weighted by molar-refractivity contribution is 6.09. The minimum absolute atomic E-state index is 0.0476. The van der Waals surface area contributed by atoms with Crippen LogP contribution in [0.25, 0.3) is 0 Å². The second-order valence-corrected chi connectivity index (χ2v) is 12.0. The molecule has 2 heterocycles. The van der Waals surface area contributed by atoms with Gasteiger partial charge in [0.25, 0.3) is 5.69 Å². The van der Waals surface area contributed by atoms with Gasteiger partial charge < -0.3 is 20.4 Å². The Balaban J connectivity index is 1.41. The molecular formula is C33H44N6O4. The zero-order chi connectivity index (χ0) is 31.1. The molecule has 1 saturated heterocycles. The van der Waals surface area contributed by atoms with Crippen molar-refractivity contribution in [2.45, 2.75) is 44.4 Å². The number of hydrogen-bond donors (Lipinski definition) is 2. The smallest absolute Gasteiger partial charge is 0.269 e. The topological polar surface area (TPSA) is 120 Å². The molecule has 2 aromatic rings. The highest BCUT2D eigenvalue weighted by atomic mass is 16.6. The number of nitro benzene ring substituents is 1. The molecule has 0 bridgehead atoms. The molecule has 2 N–H and O–H groups in total. The Bertz CT molecular complexity index is 1360. The van der Waals surface area contributed by atoms with E-state index >= 15 is 0 Å². The maximum Gasteiger partial charge on any atom is 0.269 e. The lowest BCUT2D eigenvalue weighted by molar-refractivity contribution is -0.384. The largest absolute Gasteiger partial charge is 0.359 e. The predicted molar refractivity (Wildman–Crippen MR) is 169 cm³/mol. The third-order valence-electron chi connectivity index (χ3n) is 8.82. The Kier molecular flexibility index (Phi) is 10.5. The van der Waals surface area contributed by atoms with Gasteiger partial charge in [0.2, 0.25) is 11.8 Å². The quantitative estimate of drug-likeness (QED) is 0.234. The normalized spacial score (nSPS) is 20.5. The molecule has 1 fully saturated rings. The van der Waals surface area contributed by atoms with Crippen molar-refractivity contribution < 1.29 is 14.5 Å². The van der Waals surface area contributed by atoms with Crippen molar-refractivity contribution in [3.63, 3.8) is 0 Å². The van der Waals surface area contributed by atoms with Crippen molar-refractivity contribution in [3.05, 3.63) is 87.1 Å². The van der Waals surface area contributed by atoms with Crippen LogP contribution in [-0.4, -0.2) is 86.1 Å². The second-order valence-electron chi connectivity index (χ2n) is 12.0. The summed E-state index contributed by atoms with van der Waals surface area (Å²) in [5.41, 5.74) is 3.73. The lowest BCUT2D eigenvalue weighted by Crippen LogP contribution is -2.48. The number of nitrogens with one attached hydrogen (secondary N) is 2. The number of allylic oxidation sites excluding steroid dienone is 1. The lowest BCUT2D eigenvalue weighted by Gasteiger charge is -2.44. The van der Waals surface area contributed by atoms with E-state index in [4.69, 9.17) is 0 Å². The van der Waals surface area contributed by atoms with Crippen molar-refractivity contribution in [2.24, 2.45) is 10.9 Å². The fourth-order valence-corrected chi connectivity index (χ4v) is 6.73. The molecular weight excluding hydrogens is 544 g/mol. The summed E-state index contributed by atoms with van der Waals surface area (Å²) in [4.78, 5) is 46.7. The summed E-state index contributed by atoms with van der Waals surface area (Å²) in [6.45, 7) is 7.96. The van der Waals surface area contributed by atoms with Crippen LogP contribution in [0, 0.1) is 16.0 Å². The number of carbonyl (C=O) groups excluding carboxylic acids is 2. The Morgan fingerprint density at radius 2 is 1.72 bits per heavy atom. The number of nitro groups is 1. The summed E-state index contributed by atoms with van der Waals surface area (Å²) in [6, 6.07) is 16.9. The van der Waals surface area contributed by atoms with Gasteiger partial charge in [-0.05, 0) is 78.0 Å². The van der Waals surface area contributed by atoms with Gasteiger partial charge in [-0.15, -0.1) is 0 Å². The van der Waals surface area contributed by atoms with E-state index in [1.807, 2.05) is 0 Å². The van der Waals surface area contributed by atoms with Crippen LogP contribution in [0.4, 0.5) is 5.69 Å². The van der Waals surface area contributed by atoms with E-state index in [1.165, 1.54) is 17.7 Å². The summed E-state index contributed by atoms with van der Waals surface area (Å²) in [7, 11) is 5.83. The number of amides is 2. The van der Waals surface area contributed by atoms with Crippen LogP contribution in [0.5, 0.6) is 0 Å². The van der Waals surface area contributed by atoms with Crippen LogP contribution in [0.2, 0.25) is 0 Å². The van der Waals surface area contributed by atoms with E-state index in [0.717, 1.165) is 45.4 Å². The van der Waals surface area contributed by atoms with E-state index in [2.05, 4.69) is 69.9 Å². The summed E-state index contributed by atoms with van der Waals surface area (Å²) in [5.74, 6) is -1.83. The third kappa shape index (κ3) is 7.37. The summed E-state index contributed by atoms with van der Waals surface area (Å²) < 4.78 is 0. The van der Waals surface area contributed by atoms with Crippen LogP contribution in [-0.2, 0) is 15.0 Å². The SMILES string of the molecule is CNC(=O)C1C(C)=NC(C)=C(C(=O)NCCCN2CCC(CN(C)C)(c3ccccc3)CC2)C1c1ccc([N+](=O)[O-])cc1. The second kappa shape index (κ2) is 14.1. The molecule has 2 aliphatic heterocycles. The molecule has 10 nitrogen and oxygen atoms in total. The molecule has 4 rings (SSSR count). The van der Waals surface area contributed by atoms with Crippen LogP contribution < -0.4 is 10.6 Å². The summed E-state index contributed by atoms with van der Waals surface area (Å²) >= 11 is 0. The molecule has 10 heteroatoms. The van der Waals surface area contributed by atoms with Crippen LogP contribution in [0.1, 0.15) is 50.2 Å². The predicted octanol–water partition coefficient (Wildman–Crippen LogP) is 3.89. The van der Waals surface area contributed by atoms with Gasteiger partial charge in [-0.1, -0.05) is 42.5 Å². The molecule has 2 amide bonds. The number of rotatable bonds is 11. The molecule has 0 saturated carbocycles. The van der Waals surface area contributed by atoms with Crippen molar-refractivity contribution in [1.82, 2.24) is 20.4 Å². The average molecular weight is 589 g/mol. The Labute approximate surface area is 254 Å². The van der Waals surface area contributed by atoms with Gasteiger partial charge in [-0.3, -0.25) is 24.7 Å². The monoisotopic (exact) mass is 588 g/mol. The van der Waals surface area contributed by atoms with Crippen LogP contribution in [0.3, 0.4) is 0 Å². The molecule has 43 heavy (non-hydrogen) atoms. The minimum atomic E-state index is -0.698. The van der Waals surface area contributed by atoms with Crippen molar-refractivity contribution in [2.75, 3.05) is 53.9 Å². The van der Waals surface area contributed by atoms with E-state index in [1.54, 1.807) is 33.0 Å². The number of aliphatic imine (C=N–C) groups is 1. The Hall–Kier alpha value is -3.89. The highest BCUT2D eigenvalue weighted by Crippen LogP contribution is 2.40. The number of likely N-dealkylation sites (tertiary alicyclic amines) is 1. The Morgan fingerprint density at radius 3 is 2.30 bits per heavy atom. The van der Waals surface area contributed by atoms with Crippen LogP contribution >= 0.6 is 0 Å². The van der Waals surface area contributed by atoms with Gasteiger partial charge in [0, 0.05) is 60.6 Å². The molecule has 2 unspecified atom stereocenters. The molecule has 0 aliphatic carbocycles. The fraction of sp³-hybridized carbons (Fsp3) is 0.485. The van der Waals surface area contributed by atoms with Gasteiger partial charge in [0.1, 0.15) is 0 Å². The third-order valence-corrected chi connectivity index (χ3v) is 8.82. The standard InChI is InChI=1S/C33H44N6O4/c1-23-28(31(40)34-3)30(25-12-14-27(15-13-25)39(42)43)29(24(2)36-23)32(41)35-18-9-19-38-20-16-33(17-21-38,22-37(4)5)26-10-7-6-8-11-26/h6-8,10-15,28,30H,9,16-22H2,1-5H3,(H,34,40)(H,35,41). The van der Waals surface area contributed by atoms with Gasteiger partial charge in [-0.2, -0.15) is 0 Å². The molecule has 230 valence electrons. The maximum absolute atomic E-state index is 13.6. The van der Waals surface area contributed by atoms with E-state index in [0.29, 0.717) is 29.1 Å². The van der Waals surface area contributed by atoms with Crippen LogP contribution in [0.15, 0.2) is 70.9 Å². The van der Waals surface area contributed by atoms with Gasteiger partial charge in [0.05, 0.1) is 10.8 Å².